The highest BCUT2D eigenvalue weighted by Gasteiger charge is 2.52. The highest BCUT2D eigenvalue weighted by Crippen LogP contribution is 2.41. The molecule has 1 aromatic carbocycles. The minimum Gasteiger partial charge on any atom is -0.404 e. The van der Waals surface area contributed by atoms with Crippen molar-refractivity contribution in [2.75, 3.05) is 5.73 Å². The predicted molar refractivity (Wildman–Crippen MR) is 133 cm³/mol. The van der Waals surface area contributed by atoms with Crippen LogP contribution >= 0.6 is 0 Å². The highest BCUT2D eigenvalue weighted by molar-refractivity contribution is 6.74. The van der Waals surface area contributed by atoms with Crippen molar-refractivity contribution in [3.63, 3.8) is 0 Å². The molecule has 7 nitrogen and oxygen atoms in total. The largest absolute Gasteiger partial charge is 0.415 e. The number of amides is 1. The van der Waals surface area contributed by atoms with Crippen molar-refractivity contribution in [2.45, 2.75) is 77.6 Å². The summed E-state index contributed by atoms with van der Waals surface area (Å²) in [6, 6.07) is 7.31. The number of nitrogens with one attached hydrogen (secondary N) is 1. The summed E-state index contributed by atoms with van der Waals surface area (Å²) < 4.78 is 49.4. The molecule has 0 radical (unpaired) electrons. The van der Waals surface area contributed by atoms with Crippen LogP contribution in [0.2, 0.25) is 18.1 Å². The Morgan fingerprint density at radius 2 is 1.74 bits per heavy atom. The number of nitrogens with zero attached hydrogens (tertiary/aromatic N) is 2. The molecule has 0 fully saturated rings. The smallest absolute Gasteiger partial charge is 0.404 e. The zero-order valence-electron chi connectivity index (χ0n) is 21.2. The van der Waals surface area contributed by atoms with Gasteiger partial charge in [-0.25, -0.2) is 4.98 Å². The van der Waals surface area contributed by atoms with Gasteiger partial charge in [0, 0.05) is 5.56 Å². The van der Waals surface area contributed by atoms with E-state index in [4.69, 9.17) is 10.2 Å². The van der Waals surface area contributed by atoms with Gasteiger partial charge in [-0.15, -0.1) is 0 Å². The number of hydrogen-bond donors (Lipinski definition) is 2. The van der Waals surface area contributed by atoms with Gasteiger partial charge in [-0.3, -0.25) is 14.2 Å². The van der Waals surface area contributed by atoms with Crippen LogP contribution in [0.25, 0.3) is 11.4 Å². The van der Waals surface area contributed by atoms with E-state index in [0.29, 0.717) is 5.56 Å². The second-order valence-corrected chi connectivity index (χ2v) is 15.2. The number of hydrogen-bond acceptors (Lipinski definition) is 5. The van der Waals surface area contributed by atoms with Crippen molar-refractivity contribution in [2.24, 2.45) is 5.92 Å². The van der Waals surface area contributed by atoms with Gasteiger partial charge in [0.15, 0.2) is 14.4 Å². The molecule has 0 saturated heterocycles. The van der Waals surface area contributed by atoms with Gasteiger partial charge in [0.1, 0.15) is 18.1 Å². The van der Waals surface area contributed by atoms with Gasteiger partial charge >= 0.3 is 6.18 Å². The van der Waals surface area contributed by atoms with Crippen LogP contribution in [0.15, 0.2) is 41.3 Å². The Hall–Kier alpha value is -2.66. The molecule has 11 heteroatoms. The Morgan fingerprint density at radius 3 is 2.23 bits per heavy atom. The van der Waals surface area contributed by atoms with Crippen LogP contribution in [0.5, 0.6) is 0 Å². The van der Waals surface area contributed by atoms with E-state index in [9.17, 15) is 22.8 Å². The number of benzene rings is 1. The average molecular weight is 513 g/mol. The maximum Gasteiger partial charge on any atom is 0.415 e. The molecule has 35 heavy (non-hydrogen) atoms. The van der Waals surface area contributed by atoms with Gasteiger partial charge in [0.2, 0.25) is 5.91 Å². The van der Waals surface area contributed by atoms with Crippen LogP contribution in [0, 0.1) is 5.92 Å². The molecule has 2 unspecified atom stereocenters. The Labute approximate surface area is 205 Å². The Bertz CT molecular complexity index is 1080. The lowest BCUT2D eigenvalue weighted by Gasteiger charge is -2.42. The lowest BCUT2D eigenvalue weighted by molar-refractivity contribution is -0.210. The average Bonchev–Trinajstić information content (AvgIpc) is 2.73. The van der Waals surface area contributed by atoms with Gasteiger partial charge in [-0.1, -0.05) is 65.0 Å². The zero-order valence-corrected chi connectivity index (χ0v) is 22.2. The molecule has 0 spiro atoms. The van der Waals surface area contributed by atoms with Crippen LogP contribution in [0.1, 0.15) is 34.6 Å². The third-order valence-corrected chi connectivity index (χ3v) is 10.8. The molecule has 0 aliphatic rings. The highest BCUT2D eigenvalue weighted by atomic mass is 28.4. The quantitative estimate of drug-likeness (QED) is 0.504. The van der Waals surface area contributed by atoms with E-state index in [2.05, 4.69) is 10.3 Å². The SMILES string of the molecule is CC(C)C(NC(=O)Cn1c(-c2ccccc2)ncc(N)c1=O)C(O[Si](C)(C)C(C)(C)C)C(F)(F)F. The van der Waals surface area contributed by atoms with E-state index in [1.165, 1.54) is 6.20 Å². The van der Waals surface area contributed by atoms with Crippen molar-refractivity contribution >= 4 is 19.9 Å². The maximum absolute atomic E-state index is 14.2. The van der Waals surface area contributed by atoms with Crippen LogP contribution in [0.4, 0.5) is 18.9 Å². The molecule has 2 atom stereocenters. The number of carbonyl (C=O) groups is 1. The monoisotopic (exact) mass is 512 g/mol. The van der Waals surface area contributed by atoms with Crippen LogP contribution in [-0.2, 0) is 15.8 Å². The number of carbonyl (C=O) groups excluding carboxylic acids is 1. The van der Waals surface area contributed by atoms with E-state index in [-0.39, 0.29) is 11.5 Å². The molecular weight excluding hydrogens is 477 g/mol. The number of nitrogens with two attached hydrogens (primary N) is 1. The molecule has 0 bridgehead atoms. The van der Waals surface area contributed by atoms with Crippen molar-refractivity contribution in [3.05, 3.63) is 46.9 Å². The first-order valence-electron chi connectivity index (χ1n) is 11.4. The summed E-state index contributed by atoms with van der Waals surface area (Å²) in [5, 5.41) is 2.02. The van der Waals surface area contributed by atoms with E-state index in [1.54, 1.807) is 57.3 Å². The minimum absolute atomic E-state index is 0.174. The van der Waals surface area contributed by atoms with Crippen LogP contribution in [-0.4, -0.2) is 42.1 Å². The summed E-state index contributed by atoms with van der Waals surface area (Å²) in [5.74, 6) is -1.19. The Morgan fingerprint density at radius 1 is 1.17 bits per heavy atom. The van der Waals surface area contributed by atoms with E-state index in [0.717, 1.165) is 4.57 Å². The van der Waals surface area contributed by atoms with Gasteiger partial charge in [0.05, 0.1) is 12.2 Å². The molecule has 0 saturated carbocycles. The van der Waals surface area contributed by atoms with E-state index >= 15 is 0 Å². The molecular formula is C24H35F3N4O3Si. The number of alkyl halides is 3. The first kappa shape index (κ1) is 28.6. The van der Waals surface area contributed by atoms with Crippen molar-refractivity contribution in [1.82, 2.24) is 14.9 Å². The third-order valence-electron chi connectivity index (χ3n) is 6.33. The summed E-state index contributed by atoms with van der Waals surface area (Å²) >= 11 is 0. The molecule has 1 aromatic heterocycles. The van der Waals surface area contributed by atoms with Crippen LogP contribution < -0.4 is 16.6 Å². The molecule has 194 valence electrons. The fraction of sp³-hybridized carbons (Fsp3) is 0.542. The number of anilines is 1. The third kappa shape index (κ3) is 6.94. The summed E-state index contributed by atoms with van der Waals surface area (Å²) in [6.45, 7) is 11.6. The lowest BCUT2D eigenvalue weighted by Crippen LogP contribution is -2.59. The number of halogens is 3. The maximum atomic E-state index is 14.2. The van der Waals surface area contributed by atoms with E-state index in [1.807, 2.05) is 20.8 Å². The van der Waals surface area contributed by atoms with Crippen molar-refractivity contribution < 1.29 is 22.4 Å². The fourth-order valence-corrected chi connectivity index (χ4v) is 4.55. The summed E-state index contributed by atoms with van der Waals surface area (Å²) in [7, 11) is -2.83. The topological polar surface area (TPSA) is 99.2 Å². The standard InChI is InChI=1S/C24H35F3N4O3Si/c1-15(2)19(20(24(25,26)27)34-35(6,7)23(3,4)5)30-18(32)14-31-21(16-11-9-8-10-12-16)29-13-17(28)22(31)33/h8-13,15,19-20H,14,28H2,1-7H3,(H,30,32). The second-order valence-electron chi connectivity index (χ2n) is 10.5. The summed E-state index contributed by atoms with van der Waals surface area (Å²) in [6.07, 6.45) is -5.71. The number of rotatable bonds is 8. The number of aromatic nitrogens is 2. The van der Waals surface area contributed by atoms with Gasteiger partial charge in [-0.2, -0.15) is 13.2 Å². The summed E-state index contributed by atoms with van der Waals surface area (Å²) in [5.41, 5.74) is 5.45. The van der Waals surface area contributed by atoms with Gasteiger partial charge < -0.3 is 15.5 Å². The van der Waals surface area contributed by atoms with Crippen molar-refractivity contribution in [1.29, 1.82) is 0 Å². The molecule has 2 rings (SSSR count). The normalized spacial score (nSPS) is 14.6. The Kier molecular flexibility index (Phi) is 8.60. The molecule has 2 aromatic rings. The first-order chi connectivity index (χ1) is 16.0. The van der Waals surface area contributed by atoms with Crippen LogP contribution in [0.3, 0.4) is 0 Å². The molecule has 1 amide bonds. The molecule has 0 aliphatic heterocycles. The first-order valence-corrected chi connectivity index (χ1v) is 14.3. The molecule has 1 heterocycles. The van der Waals surface area contributed by atoms with Gasteiger partial charge in [0.25, 0.3) is 5.56 Å². The van der Waals surface area contributed by atoms with Crippen molar-refractivity contribution in [3.8, 4) is 11.4 Å². The lowest BCUT2D eigenvalue weighted by atomic mass is 9.98. The Balaban J connectivity index is 2.41. The zero-order chi connectivity index (χ0) is 26.8. The predicted octanol–water partition coefficient (Wildman–Crippen LogP) is 4.59. The minimum atomic E-state index is -4.71. The fourth-order valence-electron chi connectivity index (χ4n) is 3.28. The summed E-state index contributed by atoms with van der Waals surface area (Å²) in [4.78, 5) is 29.9. The van der Waals surface area contributed by atoms with E-state index < -0.39 is 55.6 Å². The number of nitrogen functional groups attached to an aromatic ring is 1. The second kappa shape index (κ2) is 10.5. The molecule has 3 N–H and O–H groups in total. The van der Waals surface area contributed by atoms with Gasteiger partial charge in [-0.05, 0) is 24.1 Å². The molecule has 0 aliphatic carbocycles.